The smallest absolute Gasteiger partial charge is 0.234 e. The van der Waals surface area contributed by atoms with E-state index < -0.39 is 0 Å². The maximum atomic E-state index is 6.15. The van der Waals surface area contributed by atoms with Crippen LogP contribution in [0.25, 0.3) is 0 Å². The van der Waals surface area contributed by atoms with Crippen molar-refractivity contribution in [3.05, 3.63) is 129 Å². The molecular formula is C29H25Cl2N5O2. The number of hydrazone groups is 1. The Bertz CT molecular complexity index is 1430. The Balaban J connectivity index is 1.37. The summed E-state index contributed by atoms with van der Waals surface area (Å²) in [6.45, 7) is 0.793. The summed E-state index contributed by atoms with van der Waals surface area (Å²) in [5.41, 5.74) is 12.0. The second kappa shape index (κ2) is 13.8. The predicted molar refractivity (Wildman–Crippen MR) is 154 cm³/mol. The molecule has 9 heteroatoms. The second-order valence-corrected chi connectivity index (χ2v) is 8.89. The first-order valence-corrected chi connectivity index (χ1v) is 12.4. The number of nitrogens with one attached hydrogen (secondary N) is 1. The van der Waals surface area contributed by atoms with E-state index in [0.29, 0.717) is 40.3 Å². The molecular weight excluding hydrogens is 521 g/mol. The molecule has 0 fully saturated rings. The summed E-state index contributed by atoms with van der Waals surface area (Å²) in [4.78, 5) is 0. The topological polar surface area (TPSA) is 93.6 Å². The SMILES string of the molecule is NC(=NN=Cc1ccc(Cl)cc1OCc1ccccc1)NN=Cc1ccc(Cl)cc1OCc1ccccc1. The molecule has 4 aromatic carbocycles. The monoisotopic (exact) mass is 545 g/mol. The van der Waals surface area contributed by atoms with Crippen LogP contribution in [0.2, 0.25) is 10.0 Å². The fourth-order valence-electron chi connectivity index (χ4n) is 3.29. The van der Waals surface area contributed by atoms with Crippen molar-refractivity contribution in [2.75, 3.05) is 0 Å². The molecule has 7 nitrogen and oxygen atoms in total. The lowest BCUT2D eigenvalue weighted by atomic mass is 10.2. The molecule has 0 spiro atoms. The van der Waals surface area contributed by atoms with Gasteiger partial charge < -0.3 is 15.2 Å². The fourth-order valence-corrected chi connectivity index (χ4v) is 3.62. The Morgan fingerprint density at radius 1 is 0.711 bits per heavy atom. The van der Waals surface area contributed by atoms with E-state index in [9.17, 15) is 0 Å². The zero-order chi connectivity index (χ0) is 26.6. The maximum Gasteiger partial charge on any atom is 0.234 e. The van der Waals surface area contributed by atoms with Crippen molar-refractivity contribution in [1.29, 1.82) is 0 Å². The van der Waals surface area contributed by atoms with Crippen molar-refractivity contribution in [2.45, 2.75) is 13.2 Å². The van der Waals surface area contributed by atoms with Crippen LogP contribution < -0.4 is 20.6 Å². The van der Waals surface area contributed by atoms with Crippen LogP contribution in [0.5, 0.6) is 11.5 Å². The van der Waals surface area contributed by atoms with Crippen molar-refractivity contribution >= 4 is 41.6 Å². The lowest BCUT2D eigenvalue weighted by Gasteiger charge is -2.10. The van der Waals surface area contributed by atoms with Crippen LogP contribution in [0, 0.1) is 0 Å². The minimum absolute atomic E-state index is 0.000986. The standard InChI is InChI=1S/C29H25Cl2N5O2/c30-25-13-11-23(27(15-25)37-19-21-7-3-1-4-8-21)17-33-35-29(32)36-34-18-24-12-14-26(31)16-28(24)38-20-22-9-5-2-6-10-22/h1-18H,19-20H2,(H3,32,35,36). The lowest BCUT2D eigenvalue weighted by Crippen LogP contribution is -2.26. The Morgan fingerprint density at radius 2 is 1.21 bits per heavy atom. The summed E-state index contributed by atoms with van der Waals surface area (Å²) in [6, 6.07) is 30.2. The van der Waals surface area contributed by atoms with E-state index in [0.717, 1.165) is 16.7 Å². The van der Waals surface area contributed by atoms with E-state index in [1.165, 1.54) is 6.21 Å². The predicted octanol–water partition coefficient (Wildman–Crippen LogP) is 6.42. The van der Waals surface area contributed by atoms with Crippen LogP contribution >= 0.6 is 23.2 Å². The number of guanidine groups is 1. The molecule has 38 heavy (non-hydrogen) atoms. The van der Waals surface area contributed by atoms with Crippen LogP contribution in [0.4, 0.5) is 0 Å². The Kier molecular flexibility index (Phi) is 9.73. The molecule has 3 N–H and O–H groups in total. The first kappa shape index (κ1) is 26.7. The molecule has 0 heterocycles. The highest BCUT2D eigenvalue weighted by Crippen LogP contribution is 2.24. The van der Waals surface area contributed by atoms with Gasteiger partial charge in [0.15, 0.2) is 0 Å². The number of nitrogens with zero attached hydrogens (tertiary/aromatic N) is 3. The summed E-state index contributed by atoms with van der Waals surface area (Å²) < 4.78 is 11.9. The van der Waals surface area contributed by atoms with Gasteiger partial charge in [-0.3, -0.25) is 0 Å². The van der Waals surface area contributed by atoms with Gasteiger partial charge in [0, 0.05) is 21.2 Å². The number of hydrogen-bond acceptors (Lipinski definition) is 5. The second-order valence-electron chi connectivity index (χ2n) is 8.01. The number of nitrogens with two attached hydrogens (primary N) is 1. The summed E-state index contributed by atoms with van der Waals surface area (Å²) in [5, 5.41) is 13.2. The van der Waals surface area contributed by atoms with Crippen LogP contribution in [0.15, 0.2) is 112 Å². The van der Waals surface area contributed by atoms with E-state index in [2.05, 4.69) is 20.7 Å². The number of halogens is 2. The molecule has 0 aliphatic carbocycles. The Morgan fingerprint density at radius 3 is 1.74 bits per heavy atom. The number of ether oxygens (including phenoxy) is 2. The van der Waals surface area contributed by atoms with Crippen LogP contribution in [0.3, 0.4) is 0 Å². The summed E-state index contributed by atoms with van der Waals surface area (Å²) in [7, 11) is 0. The molecule has 0 aromatic heterocycles. The summed E-state index contributed by atoms with van der Waals surface area (Å²) >= 11 is 12.3. The van der Waals surface area contributed by atoms with Gasteiger partial charge in [-0.15, -0.1) is 5.10 Å². The van der Waals surface area contributed by atoms with Crippen LogP contribution in [-0.4, -0.2) is 18.4 Å². The zero-order valence-corrected chi connectivity index (χ0v) is 21.8. The summed E-state index contributed by atoms with van der Waals surface area (Å²) in [6.07, 6.45) is 3.10. The number of benzene rings is 4. The highest BCUT2D eigenvalue weighted by Gasteiger charge is 2.05. The molecule has 0 aliphatic rings. The highest BCUT2D eigenvalue weighted by atomic mass is 35.5. The maximum absolute atomic E-state index is 6.15. The molecule has 4 rings (SSSR count). The Labute approximate surface area is 231 Å². The van der Waals surface area contributed by atoms with E-state index >= 15 is 0 Å². The largest absolute Gasteiger partial charge is 0.488 e. The molecule has 0 atom stereocenters. The van der Waals surface area contributed by atoms with E-state index in [1.807, 2.05) is 60.7 Å². The lowest BCUT2D eigenvalue weighted by molar-refractivity contribution is 0.305. The van der Waals surface area contributed by atoms with Gasteiger partial charge in [-0.1, -0.05) is 83.9 Å². The van der Waals surface area contributed by atoms with Gasteiger partial charge in [0.1, 0.15) is 24.7 Å². The zero-order valence-electron chi connectivity index (χ0n) is 20.3. The minimum atomic E-state index is -0.000986. The van der Waals surface area contributed by atoms with Gasteiger partial charge >= 0.3 is 0 Å². The van der Waals surface area contributed by atoms with E-state index in [1.54, 1.807) is 42.6 Å². The third-order valence-electron chi connectivity index (χ3n) is 5.17. The molecule has 0 aliphatic heterocycles. The average Bonchev–Trinajstić information content (AvgIpc) is 2.94. The molecule has 0 amide bonds. The first-order chi connectivity index (χ1) is 18.6. The third kappa shape index (κ3) is 8.37. The highest BCUT2D eigenvalue weighted by molar-refractivity contribution is 6.31. The fraction of sp³-hybridized carbons (Fsp3) is 0.0690. The summed E-state index contributed by atoms with van der Waals surface area (Å²) in [5.74, 6) is 1.17. The van der Waals surface area contributed by atoms with Gasteiger partial charge in [0.25, 0.3) is 0 Å². The Hall–Kier alpha value is -4.33. The van der Waals surface area contributed by atoms with Crippen LogP contribution in [-0.2, 0) is 13.2 Å². The van der Waals surface area contributed by atoms with Gasteiger partial charge in [-0.2, -0.15) is 10.2 Å². The van der Waals surface area contributed by atoms with Crippen molar-refractivity contribution in [3.63, 3.8) is 0 Å². The number of hydrogen-bond donors (Lipinski definition) is 2. The van der Waals surface area contributed by atoms with E-state index in [-0.39, 0.29) is 5.96 Å². The van der Waals surface area contributed by atoms with Crippen molar-refractivity contribution in [1.82, 2.24) is 5.43 Å². The van der Waals surface area contributed by atoms with Crippen molar-refractivity contribution in [2.24, 2.45) is 21.0 Å². The quantitative estimate of drug-likeness (QED) is 0.136. The van der Waals surface area contributed by atoms with Crippen molar-refractivity contribution in [3.8, 4) is 11.5 Å². The first-order valence-electron chi connectivity index (χ1n) is 11.6. The molecule has 192 valence electrons. The molecule has 4 aromatic rings. The van der Waals surface area contributed by atoms with Gasteiger partial charge in [-0.25, -0.2) is 5.43 Å². The van der Waals surface area contributed by atoms with Gasteiger partial charge in [-0.05, 0) is 47.5 Å². The molecule has 0 unspecified atom stereocenters. The normalized spacial score (nSPS) is 11.7. The van der Waals surface area contributed by atoms with Crippen molar-refractivity contribution < 1.29 is 9.47 Å². The third-order valence-corrected chi connectivity index (χ3v) is 5.64. The van der Waals surface area contributed by atoms with E-state index in [4.69, 9.17) is 38.4 Å². The van der Waals surface area contributed by atoms with Crippen LogP contribution in [0.1, 0.15) is 22.3 Å². The molecule has 0 saturated carbocycles. The molecule has 0 radical (unpaired) electrons. The average molecular weight is 546 g/mol. The molecule has 0 bridgehead atoms. The molecule has 0 saturated heterocycles. The van der Waals surface area contributed by atoms with Gasteiger partial charge in [0.2, 0.25) is 5.96 Å². The number of rotatable bonds is 10. The van der Waals surface area contributed by atoms with Gasteiger partial charge in [0.05, 0.1) is 12.4 Å². The minimum Gasteiger partial charge on any atom is -0.488 e.